The highest BCUT2D eigenvalue weighted by molar-refractivity contribution is 9.10. The van der Waals surface area contributed by atoms with Gasteiger partial charge in [0, 0.05) is 10.4 Å². The molecule has 3 heteroatoms. The normalized spacial score (nSPS) is 9.90. The first-order valence-corrected chi connectivity index (χ1v) is 4.44. The van der Waals surface area contributed by atoms with Crippen LogP contribution in [0.25, 0.3) is 0 Å². The van der Waals surface area contributed by atoms with E-state index in [4.69, 9.17) is 23.2 Å². The van der Waals surface area contributed by atoms with Crippen LogP contribution in [-0.2, 0) is 5.88 Å². The summed E-state index contributed by atoms with van der Waals surface area (Å²) in [5.41, 5.74) is 1.04. The average Bonchev–Trinajstić information content (AvgIpc) is 1.95. The van der Waals surface area contributed by atoms with Gasteiger partial charge in [-0.05, 0) is 33.6 Å². The Balaban J connectivity index is 3.04. The summed E-state index contributed by atoms with van der Waals surface area (Å²) in [6.07, 6.45) is 0. The lowest BCUT2D eigenvalue weighted by molar-refractivity contribution is 1.39. The van der Waals surface area contributed by atoms with Crippen molar-refractivity contribution in [2.24, 2.45) is 0 Å². The number of halogens is 3. The molecule has 0 amide bonds. The molecule has 0 atom stereocenters. The molecule has 0 saturated carbocycles. The molecule has 0 fully saturated rings. The van der Waals surface area contributed by atoms with E-state index in [1.807, 2.05) is 18.2 Å². The predicted molar refractivity (Wildman–Crippen MR) is 48.7 cm³/mol. The molecule has 0 aliphatic heterocycles. The van der Waals surface area contributed by atoms with Crippen LogP contribution in [0, 0.1) is 0 Å². The van der Waals surface area contributed by atoms with Gasteiger partial charge in [0.1, 0.15) is 0 Å². The van der Waals surface area contributed by atoms with E-state index >= 15 is 0 Å². The Kier molecular flexibility index (Phi) is 3.02. The maximum Gasteiger partial charge on any atom is 0.0551 e. The molecule has 54 valence electrons. The molecule has 0 saturated heterocycles. The van der Waals surface area contributed by atoms with E-state index in [0.717, 1.165) is 10.0 Å². The van der Waals surface area contributed by atoms with Crippen molar-refractivity contribution in [1.29, 1.82) is 0 Å². The molecule has 0 unspecified atom stereocenters. The van der Waals surface area contributed by atoms with Crippen LogP contribution in [0.1, 0.15) is 5.56 Å². The molecule has 1 rings (SSSR count). The minimum absolute atomic E-state index is 0.507. The lowest BCUT2D eigenvalue weighted by atomic mass is 10.2. The molecular formula is C7H5BrCl2. The van der Waals surface area contributed by atoms with Crippen LogP contribution in [0.4, 0.5) is 0 Å². The van der Waals surface area contributed by atoms with Crippen LogP contribution in [0.15, 0.2) is 22.7 Å². The average molecular weight is 240 g/mol. The number of rotatable bonds is 1. The van der Waals surface area contributed by atoms with Crippen LogP contribution >= 0.6 is 39.1 Å². The maximum atomic E-state index is 5.79. The maximum absolute atomic E-state index is 5.79. The SMILES string of the molecule is ClCc1ccc(Br)c(Cl)c1. The van der Waals surface area contributed by atoms with E-state index in [-0.39, 0.29) is 0 Å². The Morgan fingerprint density at radius 3 is 2.60 bits per heavy atom. The first kappa shape index (κ1) is 8.38. The Morgan fingerprint density at radius 1 is 1.40 bits per heavy atom. The molecular weight excluding hydrogens is 235 g/mol. The Hall–Kier alpha value is 0.280. The monoisotopic (exact) mass is 238 g/mol. The summed E-state index contributed by atoms with van der Waals surface area (Å²) in [5.74, 6) is 0.507. The predicted octanol–water partition coefficient (Wildman–Crippen LogP) is 3.84. The molecule has 10 heavy (non-hydrogen) atoms. The second-order valence-corrected chi connectivity index (χ2v) is 3.41. The first-order chi connectivity index (χ1) is 4.74. The minimum Gasteiger partial charge on any atom is -0.122 e. The molecule has 0 nitrogen and oxygen atoms in total. The van der Waals surface area contributed by atoms with Gasteiger partial charge in [-0.1, -0.05) is 17.7 Å². The Bertz CT molecular complexity index is 235. The summed E-state index contributed by atoms with van der Waals surface area (Å²) in [6, 6.07) is 5.67. The number of benzene rings is 1. The van der Waals surface area contributed by atoms with Crippen molar-refractivity contribution in [3.8, 4) is 0 Å². The van der Waals surface area contributed by atoms with Gasteiger partial charge in [0.2, 0.25) is 0 Å². The van der Waals surface area contributed by atoms with Crippen LogP contribution in [0.3, 0.4) is 0 Å². The van der Waals surface area contributed by atoms with Crippen LogP contribution in [0.5, 0.6) is 0 Å². The number of hydrogen-bond donors (Lipinski definition) is 0. The van der Waals surface area contributed by atoms with E-state index in [1.54, 1.807) is 0 Å². The second kappa shape index (κ2) is 3.61. The minimum atomic E-state index is 0.507. The van der Waals surface area contributed by atoms with Gasteiger partial charge in [0.05, 0.1) is 5.02 Å². The molecule has 0 N–H and O–H groups in total. The van der Waals surface area contributed by atoms with Gasteiger partial charge < -0.3 is 0 Å². The second-order valence-electron chi connectivity index (χ2n) is 1.88. The topological polar surface area (TPSA) is 0 Å². The molecule has 0 aliphatic carbocycles. The molecule has 0 aromatic heterocycles. The Labute approximate surface area is 78.3 Å². The van der Waals surface area contributed by atoms with Crippen molar-refractivity contribution in [3.63, 3.8) is 0 Å². The standard InChI is InChI=1S/C7H5BrCl2/c8-6-2-1-5(4-9)3-7(6)10/h1-3H,4H2. The van der Waals surface area contributed by atoms with E-state index in [0.29, 0.717) is 10.9 Å². The van der Waals surface area contributed by atoms with E-state index < -0.39 is 0 Å². The molecule has 1 aromatic rings. The van der Waals surface area contributed by atoms with Gasteiger partial charge in [0.25, 0.3) is 0 Å². The third-order valence-corrected chi connectivity index (χ3v) is 2.68. The third-order valence-electron chi connectivity index (χ3n) is 1.14. The molecule has 0 aliphatic rings. The molecule has 0 bridgehead atoms. The largest absolute Gasteiger partial charge is 0.122 e. The summed E-state index contributed by atoms with van der Waals surface area (Å²) in [5, 5.41) is 0.707. The van der Waals surface area contributed by atoms with Gasteiger partial charge >= 0.3 is 0 Å². The lowest BCUT2D eigenvalue weighted by Gasteiger charge is -1.97. The van der Waals surface area contributed by atoms with Crippen molar-refractivity contribution >= 4 is 39.1 Å². The summed E-state index contributed by atoms with van der Waals surface area (Å²) in [4.78, 5) is 0. The zero-order valence-corrected chi connectivity index (χ0v) is 8.17. The fourth-order valence-corrected chi connectivity index (χ4v) is 1.24. The van der Waals surface area contributed by atoms with Crippen molar-refractivity contribution in [3.05, 3.63) is 33.3 Å². The highest BCUT2D eigenvalue weighted by Gasteiger charge is 1.96. The van der Waals surface area contributed by atoms with Crippen molar-refractivity contribution in [2.45, 2.75) is 5.88 Å². The van der Waals surface area contributed by atoms with E-state index in [9.17, 15) is 0 Å². The highest BCUT2D eigenvalue weighted by Crippen LogP contribution is 2.23. The van der Waals surface area contributed by atoms with E-state index in [1.165, 1.54) is 0 Å². The van der Waals surface area contributed by atoms with Gasteiger partial charge in [0.15, 0.2) is 0 Å². The van der Waals surface area contributed by atoms with Crippen molar-refractivity contribution in [2.75, 3.05) is 0 Å². The first-order valence-electron chi connectivity index (χ1n) is 2.74. The fraction of sp³-hybridized carbons (Fsp3) is 0.143. The lowest BCUT2D eigenvalue weighted by Crippen LogP contribution is -1.76. The zero-order valence-electron chi connectivity index (χ0n) is 5.07. The quantitative estimate of drug-likeness (QED) is 0.654. The number of hydrogen-bond acceptors (Lipinski definition) is 0. The van der Waals surface area contributed by atoms with Gasteiger partial charge in [-0.2, -0.15) is 0 Å². The summed E-state index contributed by atoms with van der Waals surface area (Å²) < 4.78 is 0.906. The van der Waals surface area contributed by atoms with Crippen LogP contribution in [-0.4, -0.2) is 0 Å². The molecule has 1 aromatic carbocycles. The fourth-order valence-electron chi connectivity index (χ4n) is 0.623. The van der Waals surface area contributed by atoms with Crippen molar-refractivity contribution in [1.82, 2.24) is 0 Å². The number of alkyl halides is 1. The Morgan fingerprint density at radius 2 is 2.10 bits per heavy atom. The van der Waals surface area contributed by atoms with Crippen LogP contribution < -0.4 is 0 Å². The van der Waals surface area contributed by atoms with Gasteiger partial charge in [-0.3, -0.25) is 0 Å². The molecule has 0 spiro atoms. The van der Waals surface area contributed by atoms with Crippen molar-refractivity contribution < 1.29 is 0 Å². The molecule has 0 radical (unpaired) electrons. The summed E-state index contributed by atoms with van der Waals surface area (Å²) >= 11 is 14.6. The van der Waals surface area contributed by atoms with Gasteiger partial charge in [-0.15, -0.1) is 11.6 Å². The third kappa shape index (κ3) is 1.88. The van der Waals surface area contributed by atoms with Crippen LogP contribution in [0.2, 0.25) is 5.02 Å². The van der Waals surface area contributed by atoms with E-state index in [2.05, 4.69) is 15.9 Å². The summed E-state index contributed by atoms with van der Waals surface area (Å²) in [7, 11) is 0. The summed E-state index contributed by atoms with van der Waals surface area (Å²) in [6.45, 7) is 0. The highest BCUT2D eigenvalue weighted by atomic mass is 79.9. The zero-order chi connectivity index (χ0) is 7.56. The smallest absolute Gasteiger partial charge is 0.0551 e. The van der Waals surface area contributed by atoms with Gasteiger partial charge in [-0.25, -0.2) is 0 Å². The molecule has 0 heterocycles.